The lowest BCUT2D eigenvalue weighted by molar-refractivity contribution is -0.936. The van der Waals surface area contributed by atoms with Gasteiger partial charge in [0.15, 0.2) is 6.17 Å². The summed E-state index contributed by atoms with van der Waals surface area (Å²) in [6.07, 6.45) is 11.5. The molecular formula is C14H27N2O+. The van der Waals surface area contributed by atoms with Gasteiger partial charge in [0.1, 0.15) is 13.1 Å². The van der Waals surface area contributed by atoms with E-state index in [0.29, 0.717) is 6.17 Å². The van der Waals surface area contributed by atoms with Gasteiger partial charge in [-0.25, -0.2) is 4.99 Å². The van der Waals surface area contributed by atoms with Crippen molar-refractivity contribution in [1.82, 2.24) is 0 Å². The van der Waals surface area contributed by atoms with Crippen LogP contribution in [0.4, 0.5) is 0 Å². The molecule has 2 atom stereocenters. The van der Waals surface area contributed by atoms with Gasteiger partial charge < -0.3 is 5.11 Å². The largest absolute Gasteiger partial charge is 0.391 e. The van der Waals surface area contributed by atoms with E-state index in [1.54, 1.807) is 0 Å². The van der Waals surface area contributed by atoms with Crippen molar-refractivity contribution < 1.29 is 9.59 Å². The summed E-state index contributed by atoms with van der Waals surface area (Å²) < 4.78 is 0.952. The predicted octanol–water partition coefficient (Wildman–Crippen LogP) is 2.36. The summed E-state index contributed by atoms with van der Waals surface area (Å²) in [5, 5.41) is 9.20. The number of unbranched alkanes of at least 4 members (excludes halogenated alkanes) is 1. The summed E-state index contributed by atoms with van der Waals surface area (Å²) in [7, 11) is 0. The number of rotatable bonds is 8. The number of nitrogens with zero attached hydrogens (tertiary/aromatic N) is 2. The molecule has 0 fully saturated rings. The van der Waals surface area contributed by atoms with Gasteiger partial charge >= 0.3 is 0 Å². The van der Waals surface area contributed by atoms with E-state index in [2.05, 4.69) is 31.0 Å². The van der Waals surface area contributed by atoms with Crippen molar-refractivity contribution in [3.05, 3.63) is 12.2 Å². The summed E-state index contributed by atoms with van der Waals surface area (Å²) in [4.78, 5) is 4.61. The van der Waals surface area contributed by atoms with Gasteiger partial charge in [-0.05, 0) is 26.2 Å². The first-order chi connectivity index (χ1) is 8.29. The molecule has 1 N–H and O–H groups in total. The number of aliphatic imine (C=N–C) groups is 1. The summed E-state index contributed by atoms with van der Waals surface area (Å²) in [6, 6.07) is 0. The molecule has 0 radical (unpaired) electrons. The molecule has 0 bridgehead atoms. The van der Waals surface area contributed by atoms with Gasteiger partial charge in [-0.2, -0.15) is 0 Å². The minimum absolute atomic E-state index is 0.267. The van der Waals surface area contributed by atoms with Crippen molar-refractivity contribution in [3.8, 4) is 0 Å². The fourth-order valence-corrected chi connectivity index (χ4v) is 2.58. The van der Waals surface area contributed by atoms with Gasteiger partial charge in [-0.3, -0.25) is 4.48 Å². The van der Waals surface area contributed by atoms with Crippen LogP contribution in [0.25, 0.3) is 0 Å². The summed E-state index contributed by atoms with van der Waals surface area (Å²) in [6.45, 7) is 7.53. The normalized spacial score (nSPS) is 28.3. The van der Waals surface area contributed by atoms with Gasteiger partial charge in [-0.15, -0.1) is 0 Å². The Balaban J connectivity index is 2.39. The third kappa shape index (κ3) is 3.93. The average Bonchev–Trinajstić information content (AvgIpc) is 2.73. The Hall–Kier alpha value is -0.670. The number of hydrogen-bond donors (Lipinski definition) is 1. The second-order valence-electron chi connectivity index (χ2n) is 4.79. The zero-order valence-electron chi connectivity index (χ0n) is 11.3. The van der Waals surface area contributed by atoms with E-state index in [9.17, 15) is 5.11 Å². The summed E-state index contributed by atoms with van der Waals surface area (Å²) in [5.74, 6) is 0. The van der Waals surface area contributed by atoms with Crippen molar-refractivity contribution in [2.75, 3.05) is 26.2 Å². The molecule has 3 nitrogen and oxygen atoms in total. The van der Waals surface area contributed by atoms with Crippen molar-refractivity contribution in [2.24, 2.45) is 4.99 Å². The van der Waals surface area contributed by atoms with Crippen molar-refractivity contribution in [2.45, 2.75) is 45.7 Å². The standard InChI is InChI=1S/C14H27N2O/c1-3-5-6-7-8-9-14-15-10-11-16(14,4-2)12-13-17/h5-6,10,14,17H,3-4,7-9,11-13H2,1-2H3/q+1/b6-5+. The topological polar surface area (TPSA) is 32.6 Å². The second kappa shape index (κ2) is 7.62. The van der Waals surface area contributed by atoms with Crippen LogP contribution in [0.1, 0.15) is 39.5 Å². The number of quaternary nitrogens is 1. The van der Waals surface area contributed by atoms with Crippen LogP contribution in [0.15, 0.2) is 17.1 Å². The van der Waals surface area contributed by atoms with Gasteiger partial charge in [0.25, 0.3) is 0 Å². The van der Waals surface area contributed by atoms with Crippen LogP contribution < -0.4 is 0 Å². The molecule has 0 aromatic rings. The first-order valence-corrected chi connectivity index (χ1v) is 6.92. The Morgan fingerprint density at radius 1 is 1.41 bits per heavy atom. The highest BCUT2D eigenvalue weighted by molar-refractivity contribution is 5.60. The zero-order valence-corrected chi connectivity index (χ0v) is 11.3. The lowest BCUT2D eigenvalue weighted by Crippen LogP contribution is -2.53. The molecule has 0 aliphatic carbocycles. The van der Waals surface area contributed by atoms with Gasteiger partial charge in [0.05, 0.1) is 19.4 Å². The zero-order chi connectivity index (χ0) is 12.6. The van der Waals surface area contributed by atoms with Crippen LogP contribution >= 0.6 is 0 Å². The smallest absolute Gasteiger partial charge is 0.182 e. The van der Waals surface area contributed by atoms with E-state index in [0.717, 1.165) is 43.4 Å². The Labute approximate surface area is 105 Å². The number of aliphatic hydroxyl groups is 1. The lowest BCUT2D eigenvalue weighted by atomic mass is 10.1. The molecule has 98 valence electrons. The maximum atomic E-state index is 9.20. The molecule has 0 aromatic carbocycles. The summed E-state index contributed by atoms with van der Waals surface area (Å²) in [5.41, 5.74) is 0. The van der Waals surface area contributed by atoms with Crippen LogP contribution in [0, 0.1) is 0 Å². The highest BCUT2D eigenvalue weighted by Gasteiger charge is 2.36. The molecule has 0 saturated carbocycles. The molecule has 1 aliphatic rings. The predicted molar refractivity (Wildman–Crippen MR) is 73.2 cm³/mol. The van der Waals surface area contributed by atoms with E-state index in [4.69, 9.17) is 0 Å². The highest BCUT2D eigenvalue weighted by atomic mass is 16.3. The minimum Gasteiger partial charge on any atom is -0.391 e. The first kappa shape index (κ1) is 14.4. The second-order valence-corrected chi connectivity index (χ2v) is 4.79. The highest BCUT2D eigenvalue weighted by Crippen LogP contribution is 2.23. The maximum Gasteiger partial charge on any atom is 0.182 e. The molecule has 3 heteroatoms. The SMILES string of the molecule is CC/C=C/CCCC1N=CC[N+]1(CC)CCO. The van der Waals surface area contributed by atoms with Crippen LogP contribution in [0.3, 0.4) is 0 Å². The molecule has 1 rings (SSSR count). The molecular weight excluding hydrogens is 212 g/mol. The van der Waals surface area contributed by atoms with Crippen LogP contribution in [0.2, 0.25) is 0 Å². The number of hydrogen-bond acceptors (Lipinski definition) is 2. The average molecular weight is 239 g/mol. The molecule has 0 spiro atoms. The Morgan fingerprint density at radius 2 is 2.24 bits per heavy atom. The molecule has 0 saturated heterocycles. The molecule has 1 aliphatic heterocycles. The monoisotopic (exact) mass is 239 g/mol. The van der Waals surface area contributed by atoms with Gasteiger partial charge in [-0.1, -0.05) is 19.1 Å². The quantitative estimate of drug-likeness (QED) is 0.394. The first-order valence-electron chi connectivity index (χ1n) is 6.92. The van der Waals surface area contributed by atoms with E-state index in [1.165, 1.54) is 6.42 Å². The Kier molecular flexibility index (Phi) is 6.45. The molecule has 17 heavy (non-hydrogen) atoms. The van der Waals surface area contributed by atoms with Crippen molar-refractivity contribution >= 4 is 6.21 Å². The summed E-state index contributed by atoms with van der Waals surface area (Å²) >= 11 is 0. The number of aliphatic hydroxyl groups excluding tert-OH is 1. The van der Waals surface area contributed by atoms with Gasteiger partial charge in [0, 0.05) is 6.42 Å². The third-order valence-electron chi connectivity index (χ3n) is 3.77. The fourth-order valence-electron chi connectivity index (χ4n) is 2.58. The third-order valence-corrected chi connectivity index (χ3v) is 3.77. The Bertz CT molecular complexity index is 263. The fraction of sp³-hybridized carbons (Fsp3) is 0.786. The van der Waals surface area contributed by atoms with E-state index in [-0.39, 0.29) is 6.61 Å². The molecule has 2 unspecified atom stereocenters. The van der Waals surface area contributed by atoms with Crippen molar-refractivity contribution in [1.29, 1.82) is 0 Å². The number of allylic oxidation sites excluding steroid dienone is 2. The maximum absolute atomic E-state index is 9.20. The number of likely N-dealkylation sites (N-methyl/N-ethyl adjacent to an activating group) is 1. The van der Waals surface area contributed by atoms with Crippen LogP contribution in [-0.2, 0) is 0 Å². The Morgan fingerprint density at radius 3 is 2.88 bits per heavy atom. The van der Waals surface area contributed by atoms with E-state index >= 15 is 0 Å². The van der Waals surface area contributed by atoms with E-state index < -0.39 is 0 Å². The lowest BCUT2D eigenvalue weighted by Gasteiger charge is -2.37. The van der Waals surface area contributed by atoms with E-state index in [1.807, 2.05) is 6.21 Å². The van der Waals surface area contributed by atoms with Gasteiger partial charge in [0.2, 0.25) is 0 Å². The molecule has 0 amide bonds. The van der Waals surface area contributed by atoms with Crippen LogP contribution in [0.5, 0.6) is 0 Å². The molecule has 0 aromatic heterocycles. The molecule has 1 heterocycles. The van der Waals surface area contributed by atoms with Crippen LogP contribution in [-0.4, -0.2) is 48.2 Å². The minimum atomic E-state index is 0.267. The van der Waals surface area contributed by atoms with Crippen molar-refractivity contribution in [3.63, 3.8) is 0 Å².